The van der Waals surface area contributed by atoms with Crippen LogP contribution in [0.5, 0.6) is 0 Å². The summed E-state index contributed by atoms with van der Waals surface area (Å²) in [6, 6.07) is 8.65. The summed E-state index contributed by atoms with van der Waals surface area (Å²) in [5, 5.41) is 6.36. The van der Waals surface area contributed by atoms with Crippen molar-refractivity contribution in [1.82, 2.24) is 10.3 Å². The molecule has 0 aliphatic heterocycles. The molecular weight excluding hydrogens is 242 g/mol. The third-order valence-corrected chi connectivity index (χ3v) is 4.09. The van der Waals surface area contributed by atoms with E-state index in [0.717, 1.165) is 10.8 Å². The van der Waals surface area contributed by atoms with Crippen LogP contribution in [0.2, 0.25) is 0 Å². The second kappa shape index (κ2) is 5.50. The van der Waals surface area contributed by atoms with Crippen LogP contribution in [-0.2, 0) is 0 Å². The molecule has 4 heteroatoms. The Labute approximate surface area is 112 Å². The molecule has 0 aliphatic carbocycles. The van der Waals surface area contributed by atoms with Crippen LogP contribution < -0.4 is 10.2 Å². The van der Waals surface area contributed by atoms with Gasteiger partial charge in [0.1, 0.15) is 0 Å². The van der Waals surface area contributed by atoms with Gasteiger partial charge in [-0.2, -0.15) is 0 Å². The molecule has 0 radical (unpaired) electrons. The Morgan fingerprint density at radius 1 is 1.33 bits per heavy atom. The smallest absolute Gasteiger partial charge is 0.189 e. The molecule has 1 atom stereocenters. The molecule has 1 aromatic carbocycles. The predicted molar refractivity (Wildman–Crippen MR) is 78.8 cm³/mol. The van der Waals surface area contributed by atoms with Crippen molar-refractivity contribution in [2.24, 2.45) is 0 Å². The summed E-state index contributed by atoms with van der Waals surface area (Å²) in [7, 11) is 4.02. The van der Waals surface area contributed by atoms with E-state index < -0.39 is 0 Å². The minimum absolute atomic E-state index is 0.292. The molecule has 96 valence electrons. The van der Waals surface area contributed by atoms with E-state index in [-0.39, 0.29) is 0 Å². The molecule has 0 saturated carbocycles. The highest BCUT2D eigenvalue weighted by Crippen LogP contribution is 2.30. The maximum atomic E-state index is 4.68. The molecule has 0 spiro atoms. The fraction of sp³-hybridized carbons (Fsp3) is 0.357. The van der Waals surface area contributed by atoms with Gasteiger partial charge in [0, 0.05) is 24.2 Å². The number of nitrogens with one attached hydrogen (secondary N) is 1. The first-order chi connectivity index (χ1) is 8.63. The maximum absolute atomic E-state index is 4.68. The molecule has 1 heterocycles. The molecule has 2 aromatic rings. The van der Waals surface area contributed by atoms with Gasteiger partial charge in [-0.25, -0.2) is 4.98 Å². The lowest BCUT2D eigenvalue weighted by atomic mass is 10.2. The van der Waals surface area contributed by atoms with E-state index in [4.69, 9.17) is 0 Å². The number of nitrogens with zero attached hydrogens (tertiary/aromatic N) is 2. The van der Waals surface area contributed by atoms with Crippen LogP contribution in [0.15, 0.2) is 29.6 Å². The topological polar surface area (TPSA) is 28.2 Å². The third-order valence-electron chi connectivity index (χ3n) is 3.15. The normalized spacial score (nSPS) is 12.4. The van der Waals surface area contributed by atoms with Gasteiger partial charge >= 0.3 is 0 Å². The molecule has 1 unspecified atom stereocenters. The summed E-state index contributed by atoms with van der Waals surface area (Å²) in [6.45, 7) is 4.24. The maximum Gasteiger partial charge on any atom is 0.189 e. The van der Waals surface area contributed by atoms with Crippen molar-refractivity contribution in [2.75, 3.05) is 19.0 Å². The standard InChI is InChI=1S/C14H19N3S/c1-10-7-5-6-8-13(10)17(4)14-16-12(9-18-14)11(2)15-3/h5-9,11,15H,1-4H3. The van der Waals surface area contributed by atoms with Crippen molar-refractivity contribution in [3.05, 3.63) is 40.9 Å². The zero-order chi connectivity index (χ0) is 13.1. The molecule has 18 heavy (non-hydrogen) atoms. The Kier molecular flexibility index (Phi) is 3.99. The van der Waals surface area contributed by atoms with Crippen molar-refractivity contribution >= 4 is 22.2 Å². The highest BCUT2D eigenvalue weighted by Gasteiger charge is 2.13. The summed E-state index contributed by atoms with van der Waals surface area (Å²) >= 11 is 1.68. The average molecular weight is 261 g/mol. The number of thiazole rings is 1. The van der Waals surface area contributed by atoms with Crippen LogP contribution in [-0.4, -0.2) is 19.1 Å². The summed E-state index contributed by atoms with van der Waals surface area (Å²) in [5.41, 5.74) is 3.56. The van der Waals surface area contributed by atoms with E-state index in [9.17, 15) is 0 Å². The summed E-state index contributed by atoms with van der Waals surface area (Å²) in [4.78, 5) is 6.83. The lowest BCUT2D eigenvalue weighted by Gasteiger charge is -2.18. The fourth-order valence-electron chi connectivity index (χ4n) is 1.82. The first-order valence-electron chi connectivity index (χ1n) is 6.05. The Hall–Kier alpha value is -1.39. The lowest BCUT2D eigenvalue weighted by molar-refractivity contribution is 0.637. The first kappa shape index (κ1) is 13.1. The largest absolute Gasteiger partial charge is 0.321 e. The van der Waals surface area contributed by atoms with E-state index in [1.54, 1.807) is 11.3 Å². The minimum atomic E-state index is 0.292. The Morgan fingerprint density at radius 2 is 2.06 bits per heavy atom. The SMILES string of the molecule is CNC(C)c1csc(N(C)c2ccccc2C)n1. The van der Waals surface area contributed by atoms with Crippen molar-refractivity contribution in [2.45, 2.75) is 19.9 Å². The third kappa shape index (κ3) is 2.54. The number of hydrogen-bond donors (Lipinski definition) is 1. The molecule has 2 rings (SSSR count). The van der Waals surface area contributed by atoms with E-state index in [1.807, 2.05) is 7.05 Å². The number of para-hydroxylation sites is 1. The summed E-state index contributed by atoms with van der Waals surface area (Å²) in [6.07, 6.45) is 0. The van der Waals surface area contributed by atoms with Gasteiger partial charge in [-0.05, 0) is 32.5 Å². The number of anilines is 2. The molecule has 1 N–H and O–H groups in total. The quantitative estimate of drug-likeness (QED) is 0.913. The van der Waals surface area contributed by atoms with Crippen LogP contribution >= 0.6 is 11.3 Å². The number of aryl methyl sites for hydroxylation is 1. The number of benzene rings is 1. The van der Waals surface area contributed by atoms with Crippen molar-refractivity contribution in [3.63, 3.8) is 0 Å². The average Bonchev–Trinajstić information content (AvgIpc) is 2.87. The van der Waals surface area contributed by atoms with Crippen molar-refractivity contribution in [3.8, 4) is 0 Å². The predicted octanol–water partition coefficient (Wildman–Crippen LogP) is 3.50. The minimum Gasteiger partial charge on any atom is -0.321 e. The molecule has 3 nitrogen and oxygen atoms in total. The highest BCUT2D eigenvalue weighted by molar-refractivity contribution is 7.13. The summed E-state index contributed by atoms with van der Waals surface area (Å²) in [5.74, 6) is 0. The Bertz CT molecular complexity index is 521. The van der Waals surface area contributed by atoms with E-state index in [0.29, 0.717) is 6.04 Å². The van der Waals surface area contributed by atoms with E-state index >= 15 is 0 Å². The van der Waals surface area contributed by atoms with Gasteiger partial charge in [-0.3, -0.25) is 0 Å². The van der Waals surface area contributed by atoms with Crippen LogP contribution in [0, 0.1) is 6.92 Å². The van der Waals surface area contributed by atoms with Crippen molar-refractivity contribution < 1.29 is 0 Å². The monoisotopic (exact) mass is 261 g/mol. The number of aromatic nitrogens is 1. The van der Waals surface area contributed by atoms with Crippen molar-refractivity contribution in [1.29, 1.82) is 0 Å². The van der Waals surface area contributed by atoms with Gasteiger partial charge in [0.2, 0.25) is 0 Å². The number of rotatable bonds is 4. The molecule has 0 aliphatic rings. The zero-order valence-electron chi connectivity index (χ0n) is 11.3. The molecule has 0 amide bonds. The highest BCUT2D eigenvalue weighted by atomic mass is 32.1. The Morgan fingerprint density at radius 3 is 2.72 bits per heavy atom. The van der Waals surface area contributed by atoms with Gasteiger partial charge in [0.05, 0.1) is 5.69 Å². The van der Waals surface area contributed by atoms with Gasteiger partial charge in [0.25, 0.3) is 0 Å². The molecule has 0 bridgehead atoms. The van der Waals surface area contributed by atoms with E-state index in [2.05, 4.69) is 65.7 Å². The number of hydrogen-bond acceptors (Lipinski definition) is 4. The van der Waals surface area contributed by atoms with Gasteiger partial charge in [0.15, 0.2) is 5.13 Å². The second-order valence-electron chi connectivity index (χ2n) is 4.41. The van der Waals surface area contributed by atoms with Crippen LogP contribution in [0.4, 0.5) is 10.8 Å². The first-order valence-corrected chi connectivity index (χ1v) is 6.93. The van der Waals surface area contributed by atoms with Gasteiger partial charge in [-0.15, -0.1) is 11.3 Å². The zero-order valence-corrected chi connectivity index (χ0v) is 12.1. The molecule has 0 saturated heterocycles. The molecule has 0 fully saturated rings. The lowest BCUT2D eigenvalue weighted by Crippen LogP contribution is -2.14. The van der Waals surface area contributed by atoms with Gasteiger partial charge in [-0.1, -0.05) is 18.2 Å². The second-order valence-corrected chi connectivity index (χ2v) is 5.25. The van der Waals surface area contributed by atoms with Crippen LogP contribution in [0.3, 0.4) is 0 Å². The van der Waals surface area contributed by atoms with Gasteiger partial charge < -0.3 is 10.2 Å². The molecule has 1 aromatic heterocycles. The fourth-order valence-corrected chi connectivity index (χ4v) is 2.72. The molecular formula is C14H19N3S. The van der Waals surface area contributed by atoms with Crippen LogP contribution in [0.25, 0.3) is 0 Å². The Balaban J connectivity index is 2.27. The van der Waals surface area contributed by atoms with E-state index in [1.165, 1.54) is 11.3 Å². The summed E-state index contributed by atoms with van der Waals surface area (Å²) < 4.78 is 0. The van der Waals surface area contributed by atoms with Crippen LogP contribution in [0.1, 0.15) is 24.2 Å².